The van der Waals surface area contributed by atoms with Gasteiger partial charge in [0.2, 0.25) is 0 Å². The van der Waals surface area contributed by atoms with Crippen molar-refractivity contribution < 1.29 is 9.53 Å². The summed E-state index contributed by atoms with van der Waals surface area (Å²) in [6, 6.07) is 14.6. The van der Waals surface area contributed by atoms with Crippen LogP contribution in [0.4, 0.5) is 5.69 Å². The van der Waals surface area contributed by atoms with Crippen molar-refractivity contribution in [3.63, 3.8) is 0 Å². The lowest BCUT2D eigenvalue weighted by Gasteiger charge is -2.14. The predicted molar refractivity (Wildman–Crippen MR) is 93.6 cm³/mol. The van der Waals surface area contributed by atoms with Gasteiger partial charge in [-0.2, -0.15) is 5.26 Å². The van der Waals surface area contributed by atoms with E-state index in [0.717, 1.165) is 10.0 Å². The summed E-state index contributed by atoms with van der Waals surface area (Å²) in [6.45, 7) is 3.83. The van der Waals surface area contributed by atoms with Crippen LogP contribution in [0.25, 0.3) is 0 Å². The topological polar surface area (TPSA) is 62.1 Å². The zero-order chi connectivity index (χ0) is 16.8. The molecule has 0 spiro atoms. The van der Waals surface area contributed by atoms with Crippen LogP contribution in [0.5, 0.6) is 5.75 Å². The van der Waals surface area contributed by atoms with E-state index >= 15 is 0 Å². The normalized spacial score (nSPS) is 10.2. The second-order valence-corrected chi connectivity index (χ2v) is 6.21. The molecule has 4 nitrogen and oxygen atoms in total. The highest BCUT2D eigenvalue weighted by atomic mass is 79.9. The maximum Gasteiger partial charge on any atom is 0.259 e. The lowest BCUT2D eigenvalue weighted by atomic mass is 10.1. The zero-order valence-corrected chi connectivity index (χ0v) is 14.6. The fourth-order valence-corrected chi connectivity index (χ4v) is 2.37. The molecule has 0 unspecified atom stereocenters. The Labute approximate surface area is 144 Å². The fraction of sp³-hybridized carbons (Fsp3) is 0.222. The number of nitriles is 1. The highest BCUT2D eigenvalue weighted by molar-refractivity contribution is 9.10. The first-order valence-corrected chi connectivity index (χ1v) is 8.02. The summed E-state index contributed by atoms with van der Waals surface area (Å²) >= 11 is 3.39. The van der Waals surface area contributed by atoms with Crippen molar-refractivity contribution in [2.75, 3.05) is 5.32 Å². The molecule has 0 heterocycles. The molecule has 0 fully saturated rings. The number of anilines is 1. The molecular formula is C18H17BrN2O2. The molecule has 0 aliphatic heterocycles. The molecule has 23 heavy (non-hydrogen) atoms. The number of nitrogens with one attached hydrogen (secondary N) is 1. The van der Waals surface area contributed by atoms with Crippen molar-refractivity contribution in [2.45, 2.75) is 26.4 Å². The number of nitrogens with zero attached hydrogens (tertiary/aromatic N) is 1. The van der Waals surface area contributed by atoms with Crippen LogP contribution < -0.4 is 10.1 Å². The van der Waals surface area contributed by atoms with E-state index in [2.05, 4.69) is 27.3 Å². The van der Waals surface area contributed by atoms with Crippen molar-refractivity contribution in [2.24, 2.45) is 0 Å². The Bertz CT molecular complexity index is 734. The Hall–Kier alpha value is -2.32. The Morgan fingerprint density at radius 3 is 2.57 bits per heavy atom. The summed E-state index contributed by atoms with van der Waals surface area (Å²) in [7, 11) is 0. The van der Waals surface area contributed by atoms with Gasteiger partial charge in [0.25, 0.3) is 5.91 Å². The highest BCUT2D eigenvalue weighted by Crippen LogP contribution is 2.26. The van der Waals surface area contributed by atoms with E-state index in [1.54, 1.807) is 30.3 Å². The third kappa shape index (κ3) is 4.83. The monoisotopic (exact) mass is 372 g/mol. The Morgan fingerprint density at radius 2 is 1.96 bits per heavy atom. The van der Waals surface area contributed by atoms with E-state index in [9.17, 15) is 4.79 Å². The maximum atomic E-state index is 12.5. The van der Waals surface area contributed by atoms with Gasteiger partial charge >= 0.3 is 0 Å². The van der Waals surface area contributed by atoms with Gasteiger partial charge < -0.3 is 10.1 Å². The second-order valence-electron chi connectivity index (χ2n) is 5.29. The van der Waals surface area contributed by atoms with Gasteiger partial charge in [-0.1, -0.05) is 28.1 Å². The van der Waals surface area contributed by atoms with E-state index in [0.29, 0.717) is 23.4 Å². The maximum absolute atomic E-state index is 12.5. The molecule has 0 saturated carbocycles. The van der Waals surface area contributed by atoms with Gasteiger partial charge in [0, 0.05) is 10.2 Å². The molecule has 1 N–H and O–H groups in total. The molecule has 0 aliphatic rings. The minimum Gasteiger partial charge on any atom is -0.490 e. The van der Waals surface area contributed by atoms with Crippen LogP contribution in [0.3, 0.4) is 0 Å². The van der Waals surface area contributed by atoms with Gasteiger partial charge in [0.15, 0.2) is 0 Å². The number of hydrogen-bond acceptors (Lipinski definition) is 3. The van der Waals surface area contributed by atoms with Gasteiger partial charge in [-0.3, -0.25) is 4.79 Å². The molecule has 2 aromatic rings. The molecule has 0 bridgehead atoms. The quantitative estimate of drug-likeness (QED) is 0.836. The summed E-state index contributed by atoms with van der Waals surface area (Å²) in [5, 5.41) is 11.5. The molecule has 2 aromatic carbocycles. The van der Waals surface area contributed by atoms with Crippen molar-refractivity contribution in [1.82, 2.24) is 0 Å². The SMILES string of the molecule is CC(C)Oc1cc(Br)ccc1C(=O)Nc1ccc(CC#N)cc1. The third-order valence-electron chi connectivity index (χ3n) is 3.05. The molecule has 0 saturated heterocycles. The molecule has 118 valence electrons. The van der Waals surface area contributed by atoms with Gasteiger partial charge in [-0.15, -0.1) is 0 Å². The Balaban J connectivity index is 2.18. The van der Waals surface area contributed by atoms with Crippen LogP contribution in [0.2, 0.25) is 0 Å². The number of carbonyl (C=O) groups excluding carboxylic acids is 1. The van der Waals surface area contributed by atoms with Crippen LogP contribution in [-0.2, 0) is 6.42 Å². The fourth-order valence-electron chi connectivity index (χ4n) is 2.03. The summed E-state index contributed by atoms with van der Waals surface area (Å²) in [6.07, 6.45) is 0.328. The van der Waals surface area contributed by atoms with Crippen LogP contribution in [-0.4, -0.2) is 12.0 Å². The third-order valence-corrected chi connectivity index (χ3v) is 3.54. The number of amides is 1. The number of rotatable bonds is 5. The summed E-state index contributed by atoms with van der Waals surface area (Å²) in [4.78, 5) is 12.5. The van der Waals surface area contributed by atoms with Gasteiger partial charge in [0.1, 0.15) is 5.75 Å². The van der Waals surface area contributed by atoms with Gasteiger partial charge in [0.05, 0.1) is 24.2 Å². The first-order valence-electron chi connectivity index (χ1n) is 7.23. The van der Waals surface area contributed by atoms with Gasteiger partial charge in [-0.25, -0.2) is 0 Å². The van der Waals surface area contributed by atoms with Crippen molar-refractivity contribution >= 4 is 27.5 Å². The van der Waals surface area contributed by atoms with E-state index in [1.165, 1.54) is 0 Å². The van der Waals surface area contributed by atoms with Crippen molar-refractivity contribution in [3.8, 4) is 11.8 Å². The molecule has 5 heteroatoms. The van der Waals surface area contributed by atoms with Crippen molar-refractivity contribution in [3.05, 3.63) is 58.1 Å². The molecule has 0 radical (unpaired) electrons. The molecule has 0 aliphatic carbocycles. The number of benzene rings is 2. The van der Waals surface area contributed by atoms with Gasteiger partial charge in [-0.05, 0) is 49.7 Å². The standard InChI is InChI=1S/C18H17BrN2O2/c1-12(2)23-17-11-14(19)5-8-16(17)18(22)21-15-6-3-13(4-7-15)9-10-20/h3-8,11-12H,9H2,1-2H3,(H,21,22). The second kappa shape index (κ2) is 7.80. The smallest absolute Gasteiger partial charge is 0.259 e. The average molecular weight is 373 g/mol. The number of ether oxygens (including phenoxy) is 1. The van der Waals surface area contributed by atoms with E-state index < -0.39 is 0 Å². The summed E-state index contributed by atoms with van der Waals surface area (Å²) < 4.78 is 6.56. The van der Waals surface area contributed by atoms with Crippen LogP contribution >= 0.6 is 15.9 Å². The van der Waals surface area contributed by atoms with E-state index in [-0.39, 0.29) is 12.0 Å². The first-order chi connectivity index (χ1) is 11.0. The zero-order valence-electron chi connectivity index (χ0n) is 13.0. The Kier molecular flexibility index (Phi) is 5.78. The molecule has 1 amide bonds. The highest BCUT2D eigenvalue weighted by Gasteiger charge is 2.14. The molecule has 0 atom stereocenters. The summed E-state index contributed by atoms with van der Waals surface area (Å²) in [5.74, 6) is 0.300. The van der Waals surface area contributed by atoms with Crippen molar-refractivity contribution in [1.29, 1.82) is 5.26 Å². The molecule has 2 rings (SSSR count). The first kappa shape index (κ1) is 17.0. The number of halogens is 1. The van der Waals surface area contributed by atoms with Crippen LogP contribution in [0.1, 0.15) is 29.8 Å². The van der Waals surface area contributed by atoms with Crippen LogP contribution in [0.15, 0.2) is 46.9 Å². The summed E-state index contributed by atoms with van der Waals surface area (Å²) in [5.41, 5.74) is 2.07. The van der Waals surface area contributed by atoms with E-state index in [4.69, 9.17) is 10.00 Å². The minimum absolute atomic E-state index is 0.0267. The lowest BCUT2D eigenvalue weighted by molar-refractivity contribution is 0.102. The molecular weight excluding hydrogens is 356 g/mol. The lowest BCUT2D eigenvalue weighted by Crippen LogP contribution is -2.15. The Morgan fingerprint density at radius 1 is 1.26 bits per heavy atom. The number of hydrogen-bond donors (Lipinski definition) is 1. The molecule has 0 aromatic heterocycles. The number of carbonyl (C=O) groups is 1. The largest absolute Gasteiger partial charge is 0.490 e. The van der Waals surface area contributed by atoms with Crippen LogP contribution in [0, 0.1) is 11.3 Å². The minimum atomic E-state index is -0.235. The predicted octanol–water partition coefficient (Wildman–Crippen LogP) is 4.55. The average Bonchev–Trinajstić information content (AvgIpc) is 2.49. The van der Waals surface area contributed by atoms with E-state index in [1.807, 2.05) is 26.0 Å².